The van der Waals surface area contributed by atoms with Crippen molar-refractivity contribution < 1.29 is 0 Å². The van der Waals surface area contributed by atoms with E-state index in [-0.39, 0.29) is 0 Å². The number of halogens is 1. The summed E-state index contributed by atoms with van der Waals surface area (Å²) in [6.07, 6.45) is 1.00. The van der Waals surface area contributed by atoms with E-state index >= 15 is 0 Å². The number of nitrogens with one attached hydrogen (secondary N) is 1. The van der Waals surface area contributed by atoms with Crippen molar-refractivity contribution >= 4 is 28.6 Å². The molecule has 0 aliphatic rings. The SMILES string of the molecule is Cc1ccc(NCCc2scnc2C)cc1Cl. The summed E-state index contributed by atoms with van der Waals surface area (Å²) >= 11 is 7.78. The van der Waals surface area contributed by atoms with Gasteiger partial charge in [-0.1, -0.05) is 17.7 Å². The molecule has 2 rings (SSSR count). The molecule has 2 aromatic rings. The van der Waals surface area contributed by atoms with Crippen LogP contribution in [0.15, 0.2) is 23.7 Å². The summed E-state index contributed by atoms with van der Waals surface area (Å²) in [5, 5.41) is 4.18. The number of benzene rings is 1. The molecule has 0 saturated heterocycles. The van der Waals surface area contributed by atoms with E-state index in [2.05, 4.69) is 23.3 Å². The molecule has 0 aliphatic heterocycles. The van der Waals surface area contributed by atoms with Crippen LogP contribution in [0, 0.1) is 13.8 Å². The molecular weight excluding hydrogens is 252 g/mol. The lowest BCUT2D eigenvalue weighted by Gasteiger charge is -2.07. The second-order valence-corrected chi connectivity index (χ2v) is 5.35. The van der Waals surface area contributed by atoms with E-state index in [1.807, 2.05) is 24.6 Å². The van der Waals surface area contributed by atoms with Gasteiger partial charge in [-0.2, -0.15) is 0 Å². The van der Waals surface area contributed by atoms with Crippen LogP contribution in [0.25, 0.3) is 0 Å². The van der Waals surface area contributed by atoms with Crippen molar-refractivity contribution in [2.45, 2.75) is 20.3 Å². The molecular formula is C13H15ClN2S. The third-order valence-electron chi connectivity index (χ3n) is 2.70. The number of aryl methyl sites for hydroxylation is 2. The highest BCUT2D eigenvalue weighted by Crippen LogP contribution is 2.20. The average Bonchev–Trinajstić information content (AvgIpc) is 2.70. The van der Waals surface area contributed by atoms with E-state index in [0.717, 1.165) is 34.9 Å². The maximum Gasteiger partial charge on any atom is 0.0797 e. The number of anilines is 1. The van der Waals surface area contributed by atoms with Crippen LogP contribution in [-0.4, -0.2) is 11.5 Å². The Kier molecular flexibility index (Phi) is 4.02. The van der Waals surface area contributed by atoms with Crippen LogP contribution < -0.4 is 5.32 Å². The first-order valence-electron chi connectivity index (χ1n) is 5.56. The summed E-state index contributed by atoms with van der Waals surface area (Å²) < 4.78 is 0. The highest BCUT2D eigenvalue weighted by atomic mass is 35.5. The minimum absolute atomic E-state index is 0.809. The Hall–Kier alpha value is -1.06. The van der Waals surface area contributed by atoms with Crippen molar-refractivity contribution in [1.82, 2.24) is 4.98 Å². The van der Waals surface area contributed by atoms with Crippen molar-refractivity contribution in [2.75, 3.05) is 11.9 Å². The van der Waals surface area contributed by atoms with Crippen LogP contribution in [-0.2, 0) is 6.42 Å². The monoisotopic (exact) mass is 266 g/mol. The molecule has 0 unspecified atom stereocenters. The zero-order valence-corrected chi connectivity index (χ0v) is 11.5. The topological polar surface area (TPSA) is 24.9 Å². The van der Waals surface area contributed by atoms with Crippen molar-refractivity contribution in [3.8, 4) is 0 Å². The second kappa shape index (κ2) is 5.52. The molecule has 0 aliphatic carbocycles. The van der Waals surface area contributed by atoms with Crippen LogP contribution >= 0.6 is 22.9 Å². The molecule has 1 aromatic heterocycles. The standard InChI is InChI=1S/C13H15ClN2S/c1-9-3-4-11(7-12(9)14)15-6-5-13-10(2)16-8-17-13/h3-4,7-8,15H,5-6H2,1-2H3. The predicted molar refractivity (Wildman–Crippen MR) is 75.2 cm³/mol. The average molecular weight is 267 g/mol. The second-order valence-electron chi connectivity index (χ2n) is 4.00. The van der Waals surface area contributed by atoms with Crippen molar-refractivity contribution in [3.05, 3.63) is 44.9 Å². The molecule has 4 heteroatoms. The number of hydrogen-bond acceptors (Lipinski definition) is 3. The van der Waals surface area contributed by atoms with Gasteiger partial charge in [0.15, 0.2) is 0 Å². The van der Waals surface area contributed by atoms with Gasteiger partial charge in [-0.25, -0.2) is 4.98 Å². The third kappa shape index (κ3) is 3.20. The predicted octanol–water partition coefficient (Wildman–Crippen LogP) is 4.07. The maximum absolute atomic E-state index is 6.07. The van der Waals surface area contributed by atoms with Crippen LogP contribution in [0.4, 0.5) is 5.69 Å². The summed E-state index contributed by atoms with van der Waals surface area (Å²) in [6.45, 7) is 4.96. The minimum atomic E-state index is 0.809. The van der Waals surface area contributed by atoms with E-state index < -0.39 is 0 Å². The van der Waals surface area contributed by atoms with Gasteiger partial charge >= 0.3 is 0 Å². The van der Waals surface area contributed by atoms with Gasteiger partial charge in [-0.3, -0.25) is 0 Å². The van der Waals surface area contributed by atoms with Gasteiger partial charge < -0.3 is 5.32 Å². The molecule has 0 radical (unpaired) electrons. The molecule has 2 nitrogen and oxygen atoms in total. The Morgan fingerprint density at radius 2 is 2.18 bits per heavy atom. The Labute approximate surface area is 111 Å². The molecule has 17 heavy (non-hydrogen) atoms. The lowest BCUT2D eigenvalue weighted by atomic mass is 10.2. The number of hydrogen-bond donors (Lipinski definition) is 1. The molecule has 1 N–H and O–H groups in total. The fourth-order valence-corrected chi connectivity index (χ4v) is 2.55. The van der Waals surface area contributed by atoms with Crippen molar-refractivity contribution in [2.24, 2.45) is 0 Å². The van der Waals surface area contributed by atoms with E-state index in [4.69, 9.17) is 11.6 Å². The first-order valence-corrected chi connectivity index (χ1v) is 6.81. The van der Waals surface area contributed by atoms with Crippen LogP contribution in [0.5, 0.6) is 0 Å². The van der Waals surface area contributed by atoms with E-state index in [1.165, 1.54) is 4.88 Å². The molecule has 0 atom stereocenters. The Morgan fingerprint density at radius 3 is 2.82 bits per heavy atom. The number of rotatable bonds is 4. The van der Waals surface area contributed by atoms with Gasteiger partial charge in [0.1, 0.15) is 0 Å². The zero-order valence-electron chi connectivity index (χ0n) is 9.96. The summed E-state index contributed by atoms with van der Waals surface area (Å²) in [6, 6.07) is 6.06. The van der Waals surface area contributed by atoms with E-state index in [9.17, 15) is 0 Å². The van der Waals surface area contributed by atoms with Gasteiger partial charge in [0.2, 0.25) is 0 Å². The van der Waals surface area contributed by atoms with E-state index in [0.29, 0.717) is 0 Å². The van der Waals surface area contributed by atoms with Gasteiger partial charge in [0, 0.05) is 28.6 Å². The molecule has 0 bridgehead atoms. The van der Waals surface area contributed by atoms with Gasteiger partial charge in [0.25, 0.3) is 0 Å². The normalized spacial score (nSPS) is 10.5. The van der Waals surface area contributed by atoms with Crippen molar-refractivity contribution in [3.63, 3.8) is 0 Å². The Morgan fingerprint density at radius 1 is 1.35 bits per heavy atom. The fourth-order valence-electron chi connectivity index (χ4n) is 1.59. The molecule has 0 saturated carbocycles. The molecule has 0 fully saturated rings. The number of nitrogens with zero attached hydrogens (tertiary/aromatic N) is 1. The van der Waals surface area contributed by atoms with Crippen molar-refractivity contribution in [1.29, 1.82) is 0 Å². The summed E-state index contributed by atoms with van der Waals surface area (Å²) in [5.41, 5.74) is 5.21. The van der Waals surface area contributed by atoms with Crippen LogP contribution in [0.3, 0.4) is 0 Å². The Balaban J connectivity index is 1.90. The summed E-state index contributed by atoms with van der Waals surface area (Å²) in [5.74, 6) is 0. The molecule has 0 spiro atoms. The highest BCUT2D eigenvalue weighted by molar-refractivity contribution is 7.09. The highest BCUT2D eigenvalue weighted by Gasteiger charge is 2.01. The van der Waals surface area contributed by atoms with E-state index in [1.54, 1.807) is 11.3 Å². The van der Waals surface area contributed by atoms with Gasteiger partial charge in [-0.05, 0) is 31.5 Å². The third-order valence-corrected chi connectivity index (χ3v) is 4.10. The Bertz CT molecular complexity index is 508. The quantitative estimate of drug-likeness (QED) is 0.902. The van der Waals surface area contributed by atoms with Gasteiger partial charge in [0.05, 0.1) is 11.2 Å². The van der Waals surface area contributed by atoms with Gasteiger partial charge in [-0.15, -0.1) is 11.3 Å². The number of thiazole rings is 1. The summed E-state index contributed by atoms with van der Waals surface area (Å²) in [4.78, 5) is 5.58. The fraction of sp³-hybridized carbons (Fsp3) is 0.308. The number of aromatic nitrogens is 1. The molecule has 1 aromatic carbocycles. The van der Waals surface area contributed by atoms with Crippen LogP contribution in [0.1, 0.15) is 16.1 Å². The zero-order chi connectivity index (χ0) is 12.3. The molecule has 0 amide bonds. The maximum atomic E-state index is 6.07. The lowest BCUT2D eigenvalue weighted by molar-refractivity contribution is 1.02. The summed E-state index contributed by atoms with van der Waals surface area (Å²) in [7, 11) is 0. The smallest absolute Gasteiger partial charge is 0.0797 e. The lowest BCUT2D eigenvalue weighted by Crippen LogP contribution is -2.04. The van der Waals surface area contributed by atoms with Crippen LogP contribution in [0.2, 0.25) is 5.02 Å². The largest absolute Gasteiger partial charge is 0.385 e. The first kappa shape index (κ1) is 12.4. The molecule has 90 valence electrons. The minimum Gasteiger partial charge on any atom is -0.385 e. The first-order chi connectivity index (χ1) is 8.16. The molecule has 1 heterocycles.